The lowest BCUT2D eigenvalue weighted by molar-refractivity contribution is 0.314. The van der Waals surface area contributed by atoms with Gasteiger partial charge in [0.05, 0.1) is 6.61 Å². The van der Waals surface area contributed by atoms with Crippen LogP contribution in [0.4, 0.5) is 0 Å². The average Bonchev–Trinajstić information content (AvgIpc) is 2.52. The Balaban J connectivity index is 2.16. The Morgan fingerprint density at radius 1 is 1.50 bits per heavy atom. The van der Waals surface area contributed by atoms with Crippen LogP contribution in [0.15, 0.2) is 22.7 Å². The van der Waals surface area contributed by atoms with E-state index in [1.54, 1.807) is 0 Å². The predicted molar refractivity (Wildman–Crippen MR) is 79.1 cm³/mol. The molecule has 0 saturated heterocycles. The Hall–Kier alpha value is -0.540. The van der Waals surface area contributed by atoms with Crippen molar-refractivity contribution in [3.63, 3.8) is 0 Å². The minimum absolute atomic E-state index is 0.428. The van der Waals surface area contributed by atoms with Crippen molar-refractivity contribution < 1.29 is 4.74 Å². The van der Waals surface area contributed by atoms with E-state index in [0.717, 1.165) is 29.7 Å². The molecule has 2 unspecified atom stereocenters. The Morgan fingerprint density at radius 3 is 3.11 bits per heavy atom. The number of hydrogen-bond acceptors (Lipinski definition) is 2. The lowest BCUT2D eigenvalue weighted by atomic mass is 10.0. The Morgan fingerprint density at radius 2 is 2.33 bits per heavy atom. The molecule has 3 heteroatoms. The Labute approximate surface area is 118 Å². The number of benzene rings is 1. The molecule has 0 spiro atoms. The van der Waals surface area contributed by atoms with Crippen LogP contribution in [0, 0.1) is 0 Å². The van der Waals surface area contributed by atoms with Crippen molar-refractivity contribution in [2.24, 2.45) is 0 Å². The van der Waals surface area contributed by atoms with Crippen LogP contribution in [-0.4, -0.2) is 12.6 Å². The molecule has 0 radical (unpaired) electrons. The molecule has 0 bridgehead atoms. The maximum Gasteiger partial charge on any atom is 0.125 e. The minimum atomic E-state index is 0.428. The average molecular weight is 312 g/mol. The fourth-order valence-electron chi connectivity index (χ4n) is 2.58. The van der Waals surface area contributed by atoms with E-state index in [1.165, 1.54) is 18.4 Å². The van der Waals surface area contributed by atoms with Crippen LogP contribution in [0.5, 0.6) is 5.75 Å². The summed E-state index contributed by atoms with van der Waals surface area (Å²) in [4.78, 5) is 0. The summed E-state index contributed by atoms with van der Waals surface area (Å²) in [6, 6.07) is 7.36. The third-order valence-electron chi connectivity index (χ3n) is 3.45. The summed E-state index contributed by atoms with van der Waals surface area (Å²) in [6.45, 7) is 5.33. The van der Waals surface area contributed by atoms with Gasteiger partial charge >= 0.3 is 0 Å². The van der Waals surface area contributed by atoms with Crippen molar-refractivity contribution in [1.82, 2.24) is 5.32 Å². The largest absolute Gasteiger partial charge is 0.493 e. The van der Waals surface area contributed by atoms with Crippen molar-refractivity contribution in [3.05, 3.63) is 28.2 Å². The normalized spacial score (nSPS) is 20.7. The second-order valence-electron chi connectivity index (χ2n) is 5.08. The molecule has 100 valence electrons. The van der Waals surface area contributed by atoms with Gasteiger partial charge in [-0.1, -0.05) is 35.3 Å². The summed E-state index contributed by atoms with van der Waals surface area (Å²) in [7, 11) is 0. The Bertz CT molecular complexity index is 394. The standard InChI is InChI=1S/C15H22BrNO/c1-3-5-11(2)17-14-6-4-9-18-15-10-12(16)7-8-13(14)15/h7-8,10-11,14,17H,3-6,9H2,1-2H3. The highest BCUT2D eigenvalue weighted by atomic mass is 79.9. The first-order chi connectivity index (χ1) is 8.70. The monoisotopic (exact) mass is 311 g/mol. The van der Waals surface area contributed by atoms with Crippen LogP contribution in [0.25, 0.3) is 0 Å². The molecule has 0 saturated carbocycles. The second kappa shape index (κ2) is 6.58. The molecule has 0 aliphatic carbocycles. The van der Waals surface area contributed by atoms with E-state index >= 15 is 0 Å². The second-order valence-corrected chi connectivity index (χ2v) is 6.00. The molecule has 2 atom stereocenters. The highest BCUT2D eigenvalue weighted by Gasteiger charge is 2.20. The van der Waals surface area contributed by atoms with Gasteiger partial charge in [-0.3, -0.25) is 0 Å². The van der Waals surface area contributed by atoms with Crippen LogP contribution in [-0.2, 0) is 0 Å². The van der Waals surface area contributed by atoms with Crippen LogP contribution in [0.3, 0.4) is 0 Å². The summed E-state index contributed by atoms with van der Waals surface area (Å²) < 4.78 is 6.92. The van der Waals surface area contributed by atoms with Crippen LogP contribution in [0.1, 0.15) is 51.1 Å². The predicted octanol–water partition coefficient (Wildman–Crippen LogP) is 4.44. The van der Waals surface area contributed by atoms with Crippen molar-refractivity contribution in [1.29, 1.82) is 0 Å². The lowest BCUT2D eigenvalue weighted by Crippen LogP contribution is -2.30. The molecule has 0 fully saturated rings. The third kappa shape index (κ3) is 3.48. The van der Waals surface area contributed by atoms with Crippen LogP contribution < -0.4 is 10.1 Å². The molecule has 1 N–H and O–H groups in total. The SMILES string of the molecule is CCCC(C)NC1CCCOc2cc(Br)ccc21. The van der Waals surface area contributed by atoms with Crippen LogP contribution in [0.2, 0.25) is 0 Å². The zero-order valence-corrected chi connectivity index (χ0v) is 12.8. The van der Waals surface area contributed by atoms with Gasteiger partial charge in [-0.05, 0) is 38.3 Å². The molecule has 1 aromatic carbocycles. The summed E-state index contributed by atoms with van der Waals surface area (Å²) in [5.74, 6) is 1.03. The number of rotatable bonds is 4. The van der Waals surface area contributed by atoms with Crippen molar-refractivity contribution in [2.45, 2.75) is 51.6 Å². The number of ether oxygens (including phenoxy) is 1. The molecule has 2 nitrogen and oxygen atoms in total. The fraction of sp³-hybridized carbons (Fsp3) is 0.600. The zero-order valence-electron chi connectivity index (χ0n) is 11.2. The van der Waals surface area contributed by atoms with Crippen LogP contribution >= 0.6 is 15.9 Å². The number of nitrogens with one attached hydrogen (secondary N) is 1. The summed E-state index contributed by atoms with van der Waals surface area (Å²) in [6.07, 6.45) is 4.72. The molecule has 0 amide bonds. The van der Waals surface area contributed by atoms with E-state index in [-0.39, 0.29) is 0 Å². The van der Waals surface area contributed by atoms with E-state index in [0.29, 0.717) is 12.1 Å². The molecule has 0 aromatic heterocycles. The van der Waals surface area contributed by atoms with Gasteiger partial charge in [-0.2, -0.15) is 0 Å². The van der Waals surface area contributed by atoms with Crippen molar-refractivity contribution in [2.75, 3.05) is 6.61 Å². The first kappa shape index (κ1) is 13.9. The van der Waals surface area contributed by atoms with Crippen molar-refractivity contribution >= 4 is 15.9 Å². The minimum Gasteiger partial charge on any atom is -0.493 e. The fourth-order valence-corrected chi connectivity index (χ4v) is 2.92. The molecular weight excluding hydrogens is 290 g/mol. The highest BCUT2D eigenvalue weighted by Crippen LogP contribution is 2.34. The first-order valence-electron chi connectivity index (χ1n) is 6.89. The number of hydrogen-bond donors (Lipinski definition) is 1. The van der Waals surface area contributed by atoms with E-state index in [1.807, 2.05) is 0 Å². The molecule has 1 aliphatic rings. The van der Waals surface area contributed by atoms with Gasteiger partial charge in [0, 0.05) is 22.1 Å². The van der Waals surface area contributed by atoms with Gasteiger partial charge in [-0.15, -0.1) is 0 Å². The van der Waals surface area contributed by atoms with Gasteiger partial charge in [0.25, 0.3) is 0 Å². The molecule has 1 aliphatic heterocycles. The van der Waals surface area contributed by atoms with Gasteiger partial charge in [0.15, 0.2) is 0 Å². The zero-order chi connectivity index (χ0) is 13.0. The first-order valence-corrected chi connectivity index (χ1v) is 7.68. The summed E-state index contributed by atoms with van der Waals surface area (Å²) >= 11 is 3.51. The van der Waals surface area contributed by atoms with Gasteiger partial charge in [-0.25, -0.2) is 0 Å². The molecular formula is C15H22BrNO. The molecule has 1 aromatic rings. The molecule has 2 rings (SSSR count). The maximum atomic E-state index is 5.83. The van der Waals surface area contributed by atoms with E-state index in [9.17, 15) is 0 Å². The topological polar surface area (TPSA) is 21.3 Å². The van der Waals surface area contributed by atoms with Gasteiger partial charge in [0.1, 0.15) is 5.75 Å². The highest BCUT2D eigenvalue weighted by molar-refractivity contribution is 9.10. The smallest absolute Gasteiger partial charge is 0.125 e. The van der Waals surface area contributed by atoms with Gasteiger partial charge < -0.3 is 10.1 Å². The number of halogens is 1. The number of fused-ring (bicyclic) bond motifs is 1. The molecule has 1 heterocycles. The third-order valence-corrected chi connectivity index (χ3v) is 3.95. The lowest BCUT2D eigenvalue weighted by Gasteiger charge is -2.23. The van der Waals surface area contributed by atoms with Gasteiger partial charge in [0.2, 0.25) is 0 Å². The summed E-state index contributed by atoms with van der Waals surface area (Å²) in [5.41, 5.74) is 1.30. The molecule has 18 heavy (non-hydrogen) atoms. The summed E-state index contributed by atoms with van der Waals surface area (Å²) in [5, 5.41) is 3.74. The van der Waals surface area contributed by atoms with E-state index in [4.69, 9.17) is 4.74 Å². The van der Waals surface area contributed by atoms with E-state index < -0.39 is 0 Å². The van der Waals surface area contributed by atoms with Crippen molar-refractivity contribution in [3.8, 4) is 5.75 Å². The quantitative estimate of drug-likeness (QED) is 0.887. The Kier molecular flexibility index (Phi) is 5.07. The van der Waals surface area contributed by atoms with E-state index in [2.05, 4.69) is 53.3 Å². The maximum absolute atomic E-state index is 5.83.